The van der Waals surface area contributed by atoms with Crippen LogP contribution in [0.3, 0.4) is 0 Å². The fraction of sp³-hybridized carbons (Fsp3) is 0.143. The zero-order valence-electron chi connectivity index (χ0n) is 19.9. The minimum Gasteiger partial charge on any atom is -0.493 e. The van der Waals surface area contributed by atoms with E-state index in [1.54, 1.807) is 31.2 Å². The van der Waals surface area contributed by atoms with E-state index < -0.39 is 5.97 Å². The minimum atomic E-state index is -0.466. The molecule has 0 unspecified atom stereocenters. The summed E-state index contributed by atoms with van der Waals surface area (Å²) in [6.45, 7) is 1.78. The first-order valence-corrected chi connectivity index (χ1v) is 11.3. The van der Waals surface area contributed by atoms with Crippen molar-refractivity contribution in [2.24, 2.45) is 5.10 Å². The number of esters is 1. The Morgan fingerprint density at radius 2 is 1.75 bits per heavy atom. The highest BCUT2D eigenvalue weighted by Crippen LogP contribution is 2.28. The molecule has 0 atom stereocenters. The van der Waals surface area contributed by atoms with Gasteiger partial charge in [0.2, 0.25) is 0 Å². The van der Waals surface area contributed by atoms with Gasteiger partial charge in [0.1, 0.15) is 0 Å². The van der Waals surface area contributed by atoms with Crippen LogP contribution >= 0.6 is 0 Å². The molecular formula is C28H25N3O5. The highest BCUT2D eigenvalue weighted by atomic mass is 16.6. The van der Waals surface area contributed by atoms with Gasteiger partial charge >= 0.3 is 5.97 Å². The van der Waals surface area contributed by atoms with Gasteiger partial charge in [0.25, 0.3) is 5.91 Å². The van der Waals surface area contributed by atoms with Crippen LogP contribution in [-0.4, -0.2) is 43.4 Å². The van der Waals surface area contributed by atoms with Crippen molar-refractivity contribution in [1.29, 1.82) is 0 Å². The number of nitrogens with one attached hydrogen (secondary N) is 1. The van der Waals surface area contributed by atoms with Crippen LogP contribution in [0.1, 0.15) is 22.8 Å². The van der Waals surface area contributed by atoms with E-state index >= 15 is 0 Å². The molecule has 8 nitrogen and oxygen atoms in total. The molecular weight excluding hydrogens is 458 g/mol. The van der Waals surface area contributed by atoms with E-state index in [-0.39, 0.29) is 19.1 Å². The number of amides is 1. The molecule has 182 valence electrons. The topological polar surface area (TPSA) is 99.1 Å². The molecule has 8 heteroatoms. The molecule has 1 heterocycles. The molecule has 4 aromatic rings. The Hall–Kier alpha value is -4.72. The van der Waals surface area contributed by atoms with Gasteiger partial charge in [0.05, 0.1) is 36.7 Å². The van der Waals surface area contributed by atoms with E-state index in [9.17, 15) is 9.59 Å². The second kappa shape index (κ2) is 11.6. The summed E-state index contributed by atoms with van der Waals surface area (Å²) in [7, 11) is 1.49. The Morgan fingerprint density at radius 3 is 2.53 bits per heavy atom. The summed E-state index contributed by atoms with van der Waals surface area (Å²) < 4.78 is 15.7. The number of ether oxygens (including phenoxy) is 3. The fourth-order valence-corrected chi connectivity index (χ4v) is 3.57. The minimum absolute atomic E-state index is 0.224. The summed E-state index contributed by atoms with van der Waals surface area (Å²) in [6.07, 6.45) is 1.50. The first kappa shape index (κ1) is 24.4. The van der Waals surface area contributed by atoms with Crippen molar-refractivity contribution in [3.63, 3.8) is 0 Å². The molecule has 0 bridgehead atoms. The molecule has 3 aromatic carbocycles. The number of nitrogens with zero attached hydrogens (tertiary/aromatic N) is 2. The molecule has 0 aliphatic carbocycles. The van der Waals surface area contributed by atoms with Gasteiger partial charge in [-0.1, -0.05) is 48.5 Å². The molecule has 0 spiro atoms. The van der Waals surface area contributed by atoms with E-state index in [0.29, 0.717) is 28.3 Å². The summed E-state index contributed by atoms with van der Waals surface area (Å²) in [5, 5.41) is 4.85. The number of methoxy groups -OCH3 is 1. The van der Waals surface area contributed by atoms with Gasteiger partial charge in [-0.15, -0.1) is 0 Å². The second-order valence-corrected chi connectivity index (χ2v) is 7.64. The highest BCUT2D eigenvalue weighted by Gasteiger charge is 2.14. The average molecular weight is 484 g/mol. The lowest BCUT2D eigenvalue weighted by Gasteiger charge is -2.11. The summed E-state index contributed by atoms with van der Waals surface area (Å²) in [6, 6.07) is 24.0. The van der Waals surface area contributed by atoms with E-state index in [2.05, 4.69) is 10.5 Å². The summed E-state index contributed by atoms with van der Waals surface area (Å²) in [5.41, 5.74) is 6.06. The second-order valence-electron chi connectivity index (χ2n) is 7.64. The standard InChI is InChI=1S/C28H25N3O5/c1-3-35-27(32)18-36-25-14-13-19(15-26(25)34-2)17-29-31-28(33)22-16-24(20-9-5-4-6-10-20)30-23-12-8-7-11-21(22)23/h4-17H,3,18H2,1-2H3,(H,31,33)/b29-17+. The predicted octanol–water partition coefficient (Wildman–Crippen LogP) is 4.62. The average Bonchev–Trinajstić information content (AvgIpc) is 2.92. The molecule has 0 saturated heterocycles. The van der Waals surface area contributed by atoms with Crippen LogP contribution in [-0.2, 0) is 9.53 Å². The first-order valence-electron chi connectivity index (χ1n) is 11.3. The van der Waals surface area contributed by atoms with Gasteiger partial charge in [-0.2, -0.15) is 5.10 Å². The number of hydrazone groups is 1. The molecule has 0 aliphatic rings. The Morgan fingerprint density at radius 1 is 0.972 bits per heavy atom. The van der Waals surface area contributed by atoms with Crippen LogP contribution in [0, 0.1) is 0 Å². The number of hydrogen-bond donors (Lipinski definition) is 1. The molecule has 0 aliphatic heterocycles. The van der Waals surface area contributed by atoms with Gasteiger partial charge in [-0.05, 0) is 42.8 Å². The zero-order chi connectivity index (χ0) is 25.3. The molecule has 4 rings (SSSR count). The number of fused-ring (bicyclic) bond motifs is 1. The first-order chi connectivity index (χ1) is 17.6. The summed E-state index contributed by atoms with van der Waals surface area (Å²) in [4.78, 5) is 29.3. The van der Waals surface area contributed by atoms with Gasteiger partial charge in [0, 0.05) is 10.9 Å². The lowest BCUT2D eigenvalue weighted by Crippen LogP contribution is -2.18. The van der Waals surface area contributed by atoms with Crippen LogP contribution in [0.4, 0.5) is 0 Å². The van der Waals surface area contributed by atoms with Gasteiger partial charge in [0.15, 0.2) is 18.1 Å². The highest BCUT2D eigenvalue weighted by molar-refractivity contribution is 6.07. The molecule has 0 radical (unpaired) electrons. The van der Waals surface area contributed by atoms with Crippen molar-refractivity contribution in [3.05, 3.63) is 90.0 Å². The third-order valence-electron chi connectivity index (χ3n) is 5.25. The quantitative estimate of drug-likeness (QED) is 0.212. The smallest absolute Gasteiger partial charge is 0.344 e. The molecule has 1 aromatic heterocycles. The van der Waals surface area contributed by atoms with Gasteiger partial charge in [-0.25, -0.2) is 15.2 Å². The lowest BCUT2D eigenvalue weighted by molar-refractivity contribution is -0.145. The molecule has 1 amide bonds. The van der Waals surface area contributed by atoms with Gasteiger partial charge in [-0.3, -0.25) is 4.79 Å². The Kier molecular flexibility index (Phi) is 7.87. The number of benzene rings is 3. The zero-order valence-corrected chi connectivity index (χ0v) is 19.9. The van der Waals surface area contributed by atoms with Crippen molar-refractivity contribution in [2.45, 2.75) is 6.92 Å². The normalized spacial score (nSPS) is 10.8. The van der Waals surface area contributed by atoms with E-state index in [0.717, 1.165) is 16.5 Å². The van der Waals surface area contributed by atoms with E-state index in [4.69, 9.17) is 19.2 Å². The Bertz CT molecular complexity index is 1400. The largest absolute Gasteiger partial charge is 0.493 e. The van der Waals surface area contributed by atoms with Crippen LogP contribution in [0.25, 0.3) is 22.2 Å². The van der Waals surface area contributed by atoms with Crippen molar-refractivity contribution in [1.82, 2.24) is 10.4 Å². The monoisotopic (exact) mass is 483 g/mol. The van der Waals surface area contributed by atoms with E-state index in [1.807, 2.05) is 54.6 Å². The van der Waals surface area contributed by atoms with Gasteiger partial charge < -0.3 is 14.2 Å². The maximum absolute atomic E-state index is 13.1. The Labute approximate surface area is 208 Å². The number of rotatable bonds is 9. The lowest BCUT2D eigenvalue weighted by atomic mass is 10.0. The van der Waals surface area contributed by atoms with Crippen molar-refractivity contribution < 1.29 is 23.8 Å². The predicted molar refractivity (Wildman–Crippen MR) is 137 cm³/mol. The molecule has 0 fully saturated rings. The van der Waals surface area contributed by atoms with Crippen LogP contribution < -0.4 is 14.9 Å². The number of para-hydroxylation sites is 1. The van der Waals surface area contributed by atoms with Crippen LogP contribution in [0.2, 0.25) is 0 Å². The number of carbonyl (C=O) groups excluding carboxylic acids is 2. The fourth-order valence-electron chi connectivity index (χ4n) is 3.57. The Balaban J connectivity index is 1.51. The third kappa shape index (κ3) is 5.85. The number of carbonyl (C=O) groups is 2. The van der Waals surface area contributed by atoms with E-state index in [1.165, 1.54) is 13.3 Å². The summed E-state index contributed by atoms with van der Waals surface area (Å²) >= 11 is 0. The SMILES string of the molecule is CCOC(=O)COc1ccc(/C=N/NC(=O)c2cc(-c3ccccc3)nc3ccccc23)cc1OC. The number of aromatic nitrogens is 1. The maximum Gasteiger partial charge on any atom is 0.344 e. The van der Waals surface area contributed by atoms with Crippen molar-refractivity contribution in [3.8, 4) is 22.8 Å². The van der Waals surface area contributed by atoms with Crippen molar-refractivity contribution >= 4 is 29.0 Å². The van der Waals surface area contributed by atoms with Crippen LogP contribution in [0.15, 0.2) is 84.0 Å². The molecule has 1 N–H and O–H groups in total. The third-order valence-corrected chi connectivity index (χ3v) is 5.25. The number of pyridine rings is 1. The molecule has 36 heavy (non-hydrogen) atoms. The summed E-state index contributed by atoms with van der Waals surface area (Å²) in [5.74, 6) is -0.0130. The van der Waals surface area contributed by atoms with Crippen LogP contribution in [0.5, 0.6) is 11.5 Å². The molecule has 0 saturated carbocycles. The van der Waals surface area contributed by atoms with Crippen molar-refractivity contribution in [2.75, 3.05) is 20.3 Å². The number of hydrogen-bond acceptors (Lipinski definition) is 7. The maximum atomic E-state index is 13.1.